The van der Waals surface area contributed by atoms with E-state index >= 15 is 0 Å². The number of Topliss-reactive ketones (excluding diaryl/α,β-unsaturated/α-hetero) is 1. The number of hydrogen-bond acceptors (Lipinski definition) is 5. The van der Waals surface area contributed by atoms with Crippen molar-refractivity contribution >= 4 is 39.4 Å². The molecule has 1 aromatic heterocycles. The molecule has 5 rings (SSSR count). The van der Waals surface area contributed by atoms with Crippen LogP contribution in [0.3, 0.4) is 0 Å². The van der Waals surface area contributed by atoms with Gasteiger partial charge in [0.2, 0.25) is 11.1 Å². The smallest absolute Gasteiger partial charge is 0.227 e. The monoisotopic (exact) mass is 522 g/mol. The number of nitrogens with zero attached hydrogens (tertiary/aromatic N) is 3. The van der Waals surface area contributed by atoms with Crippen LogP contribution in [0.5, 0.6) is 0 Å². The Morgan fingerprint density at radius 3 is 2.64 bits per heavy atom. The van der Waals surface area contributed by atoms with Crippen LogP contribution in [0.2, 0.25) is 0 Å². The second kappa shape index (κ2) is 8.44. The third-order valence-corrected chi connectivity index (χ3v) is 7.77. The van der Waals surface area contributed by atoms with E-state index in [-0.39, 0.29) is 17.2 Å². The molecule has 2 aromatic carbocycles. The van der Waals surface area contributed by atoms with Gasteiger partial charge >= 0.3 is 0 Å². The number of benzene rings is 2. The Labute approximate surface area is 207 Å². The lowest BCUT2D eigenvalue weighted by molar-refractivity contribution is -0.118. The van der Waals surface area contributed by atoms with E-state index in [9.17, 15) is 4.79 Å². The first-order valence-corrected chi connectivity index (χ1v) is 12.9. The normalized spacial score (nSPS) is 19.2. The van der Waals surface area contributed by atoms with E-state index in [0.29, 0.717) is 17.5 Å². The number of carbonyl (C=O) groups is 1. The van der Waals surface area contributed by atoms with Gasteiger partial charge in [0, 0.05) is 27.9 Å². The molecule has 0 amide bonds. The molecule has 2 heterocycles. The highest BCUT2D eigenvalue weighted by atomic mass is 79.9. The third kappa shape index (κ3) is 4.41. The van der Waals surface area contributed by atoms with Crippen LogP contribution < -0.4 is 5.32 Å². The molecule has 170 valence electrons. The molecule has 0 radical (unpaired) electrons. The SMILES string of the molecule is Cc1ccc(CSc2nc3n(n2)[C@@H](c2ccc(Br)cc2)C2=C(CC(C)(C)CC2=O)N3)c(C)c1. The number of aryl methyl sites for hydroxylation is 2. The summed E-state index contributed by atoms with van der Waals surface area (Å²) >= 11 is 5.15. The lowest BCUT2D eigenvalue weighted by atomic mass is 9.73. The molecule has 7 heteroatoms. The highest BCUT2D eigenvalue weighted by Crippen LogP contribution is 2.45. The number of nitrogens with one attached hydrogen (secondary N) is 1. The van der Waals surface area contributed by atoms with Crippen LogP contribution in [0, 0.1) is 19.3 Å². The highest BCUT2D eigenvalue weighted by Gasteiger charge is 2.41. The highest BCUT2D eigenvalue weighted by molar-refractivity contribution is 9.10. The van der Waals surface area contributed by atoms with Crippen molar-refractivity contribution in [1.82, 2.24) is 14.8 Å². The number of ketones is 1. The molecule has 0 saturated heterocycles. The first-order valence-electron chi connectivity index (χ1n) is 11.1. The lowest BCUT2D eigenvalue weighted by Gasteiger charge is -2.38. The van der Waals surface area contributed by atoms with Gasteiger partial charge in [0.25, 0.3) is 0 Å². The van der Waals surface area contributed by atoms with Gasteiger partial charge in [0.05, 0.1) is 0 Å². The number of halogens is 1. The third-order valence-electron chi connectivity index (χ3n) is 6.35. The molecule has 1 atom stereocenters. The zero-order valence-electron chi connectivity index (χ0n) is 19.3. The van der Waals surface area contributed by atoms with E-state index in [2.05, 4.69) is 79.3 Å². The van der Waals surface area contributed by atoms with E-state index in [0.717, 1.165) is 33.5 Å². The molecule has 33 heavy (non-hydrogen) atoms. The summed E-state index contributed by atoms with van der Waals surface area (Å²) in [6.45, 7) is 8.55. The van der Waals surface area contributed by atoms with Gasteiger partial charge in [0.15, 0.2) is 5.78 Å². The summed E-state index contributed by atoms with van der Waals surface area (Å²) in [6.07, 6.45) is 1.36. The van der Waals surface area contributed by atoms with E-state index in [4.69, 9.17) is 10.1 Å². The van der Waals surface area contributed by atoms with E-state index < -0.39 is 0 Å². The van der Waals surface area contributed by atoms with Crippen molar-refractivity contribution in [2.75, 3.05) is 5.32 Å². The quantitative estimate of drug-likeness (QED) is 0.390. The number of fused-ring (bicyclic) bond motifs is 1. The van der Waals surface area contributed by atoms with Crippen molar-refractivity contribution in [3.8, 4) is 0 Å². The van der Waals surface area contributed by atoms with Crippen molar-refractivity contribution in [3.63, 3.8) is 0 Å². The van der Waals surface area contributed by atoms with E-state index in [1.54, 1.807) is 11.8 Å². The molecule has 1 N–H and O–H groups in total. The largest absolute Gasteiger partial charge is 0.328 e. The summed E-state index contributed by atoms with van der Waals surface area (Å²) in [5, 5.41) is 9.04. The van der Waals surface area contributed by atoms with Gasteiger partial charge in [-0.2, -0.15) is 4.98 Å². The first kappa shape index (κ1) is 22.4. The molecule has 0 spiro atoms. The molecule has 2 aliphatic rings. The maximum Gasteiger partial charge on any atom is 0.227 e. The lowest BCUT2D eigenvalue weighted by Crippen LogP contribution is -2.36. The number of thioether (sulfide) groups is 1. The zero-order chi connectivity index (χ0) is 23.3. The topological polar surface area (TPSA) is 59.8 Å². The molecule has 3 aromatic rings. The predicted molar refractivity (Wildman–Crippen MR) is 136 cm³/mol. The summed E-state index contributed by atoms with van der Waals surface area (Å²) in [7, 11) is 0. The first-order chi connectivity index (χ1) is 15.7. The fourth-order valence-electron chi connectivity index (χ4n) is 4.75. The number of hydrogen-bond donors (Lipinski definition) is 1. The maximum atomic E-state index is 13.3. The summed E-state index contributed by atoms with van der Waals surface area (Å²) in [5.74, 6) is 1.69. The Morgan fingerprint density at radius 2 is 1.91 bits per heavy atom. The van der Waals surface area contributed by atoms with Crippen LogP contribution in [0.1, 0.15) is 55.0 Å². The summed E-state index contributed by atoms with van der Waals surface area (Å²) in [4.78, 5) is 18.1. The molecule has 0 saturated carbocycles. The average molecular weight is 524 g/mol. The predicted octanol–water partition coefficient (Wildman–Crippen LogP) is 6.61. The minimum absolute atomic E-state index is 0.0735. The molecule has 1 aliphatic heterocycles. The van der Waals surface area contributed by atoms with Crippen LogP contribution in [0.4, 0.5) is 5.95 Å². The number of anilines is 1. The second-order valence-electron chi connectivity index (χ2n) is 9.79. The molecule has 5 nitrogen and oxygen atoms in total. The minimum atomic E-state index is -0.268. The Kier molecular flexibility index (Phi) is 5.73. The standard InChI is InChI=1S/C26H27BrN4OS/c1-15-5-6-18(16(2)11-15)14-33-25-29-24-28-20-12-26(3,4)13-21(32)22(20)23(31(24)30-25)17-7-9-19(27)10-8-17/h5-11,23H,12-14H2,1-4H3,(H,28,29,30)/t23-/m0/s1. The summed E-state index contributed by atoms with van der Waals surface area (Å²) < 4.78 is 2.90. The summed E-state index contributed by atoms with van der Waals surface area (Å²) in [5.41, 5.74) is 6.60. The van der Waals surface area contributed by atoms with Gasteiger partial charge in [-0.25, -0.2) is 4.68 Å². The van der Waals surface area contributed by atoms with E-state index in [1.165, 1.54) is 16.7 Å². The number of rotatable bonds is 4. The Balaban J connectivity index is 1.51. The molecule has 1 aliphatic carbocycles. The van der Waals surface area contributed by atoms with Crippen molar-refractivity contribution in [1.29, 1.82) is 0 Å². The summed E-state index contributed by atoms with van der Waals surface area (Å²) in [6, 6.07) is 14.4. The minimum Gasteiger partial charge on any atom is -0.328 e. The van der Waals surface area contributed by atoms with Crippen LogP contribution >= 0.6 is 27.7 Å². The van der Waals surface area contributed by atoms with Crippen LogP contribution in [0.15, 0.2) is 63.4 Å². The van der Waals surface area contributed by atoms with Gasteiger partial charge < -0.3 is 5.32 Å². The van der Waals surface area contributed by atoms with E-state index in [1.807, 2.05) is 16.8 Å². The van der Waals surface area contributed by atoms with Gasteiger partial charge in [-0.05, 0) is 54.5 Å². The van der Waals surface area contributed by atoms with Gasteiger partial charge in [0.1, 0.15) is 6.04 Å². The number of allylic oxidation sites excluding steroid dienone is 2. The van der Waals surface area contributed by atoms with Crippen molar-refractivity contribution in [3.05, 3.63) is 80.5 Å². The van der Waals surface area contributed by atoms with Gasteiger partial charge in [-0.15, -0.1) is 5.10 Å². The van der Waals surface area contributed by atoms with Gasteiger partial charge in [-0.3, -0.25) is 4.79 Å². The van der Waals surface area contributed by atoms with Crippen molar-refractivity contribution in [2.45, 2.75) is 57.5 Å². The average Bonchev–Trinajstić information content (AvgIpc) is 3.14. The van der Waals surface area contributed by atoms with Crippen molar-refractivity contribution in [2.24, 2.45) is 5.41 Å². The Bertz CT molecular complexity index is 1280. The molecule has 0 unspecified atom stereocenters. The van der Waals surface area contributed by atoms with Crippen molar-refractivity contribution < 1.29 is 4.79 Å². The number of aromatic nitrogens is 3. The fourth-order valence-corrected chi connectivity index (χ4v) is 5.92. The number of carbonyl (C=O) groups excluding carboxylic acids is 1. The Hall–Kier alpha value is -2.38. The molecule has 0 fully saturated rings. The van der Waals surface area contributed by atoms with Gasteiger partial charge in [-0.1, -0.05) is 77.4 Å². The Morgan fingerprint density at radius 1 is 1.15 bits per heavy atom. The fraction of sp³-hybridized carbons (Fsp3) is 0.346. The second-order valence-corrected chi connectivity index (χ2v) is 11.7. The van der Waals surface area contributed by atoms with Crippen LogP contribution in [-0.4, -0.2) is 20.5 Å². The maximum absolute atomic E-state index is 13.3. The molecular formula is C26H27BrN4OS. The zero-order valence-corrected chi connectivity index (χ0v) is 21.7. The molecule has 0 bridgehead atoms. The molecular weight excluding hydrogens is 496 g/mol. The van der Waals surface area contributed by atoms with Crippen LogP contribution in [-0.2, 0) is 10.5 Å². The van der Waals surface area contributed by atoms with Crippen LogP contribution in [0.25, 0.3) is 0 Å².